The topological polar surface area (TPSA) is 74.1 Å². The van der Waals surface area contributed by atoms with Crippen molar-refractivity contribution in [2.24, 2.45) is 0 Å². The Hall–Kier alpha value is -1.85. The van der Waals surface area contributed by atoms with Crippen LogP contribution in [-0.4, -0.2) is 14.9 Å². The Kier molecular flexibility index (Phi) is 2.65. The van der Waals surface area contributed by atoms with E-state index in [4.69, 9.17) is 9.05 Å². The Bertz CT molecular complexity index is 571. The molecule has 0 spiro atoms. The Morgan fingerprint density at radius 1 is 1.29 bits per heavy atom. The van der Waals surface area contributed by atoms with Crippen LogP contribution in [0.2, 0.25) is 0 Å². The minimum Gasteiger partial charge on any atom is -0.359 e. The van der Waals surface area contributed by atoms with Crippen LogP contribution in [-0.2, 0) is 12.0 Å². The van der Waals surface area contributed by atoms with E-state index >= 15 is 0 Å². The molecular weight excluding hydrogens is 222 g/mol. The number of hydrogen-bond donors (Lipinski definition) is 0. The molecule has 0 saturated carbocycles. The van der Waals surface area contributed by atoms with Crippen LogP contribution in [0.15, 0.2) is 19.9 Å². The van der Waals surface area contributed by atoms with E-state index in [1.54, 1.807) is 6.07 Å². The van der Waals surface area contributed by atoms with Gasteiger partial charge in [-0.25, -0.2) is 4.79 Å². The van der Waals surface area contributed by atoms with Gasteiger partial charge >= 0.3 is 5.76 Å². The molecule has 2 aromatic heterocycles. The smallest absolute Gasteiger partial charge is 0.359 e. The molecule has 0 amide bonds. The van der Waals surface area contributed by atoms with Crippen LogP contribution < -0.4 is 5.76 Å². The van der Waals surface area contributed by atoms with Gasteiger partial charge in [-0.15, -0.1) is 0 Å². The summed E-state index contributed by atoms with van der Waals surface area (Å²) in [6.07, 6.45) is 0. The predicted octanol–water partition coefficient (Wildman–Crippen LogP) is 1.48. The van der Waals surface area contributed by atoms with E-state index in [-0.39, 0.29) is 12.0 Å². The standard InChI is InChI=1S/C11H15N3O3/c1-7-5-8(16-12-7)6-14-9(11(2,3)4)13-17-10(14)15/h5H,6H2,1-4H3. The molecular formula is C11H15N3O3. The third-order valence-electron chi connectivity index (χ3n) is 2.35. The fraction of sp³-hybridized carbons (Fsp3) is 0.545. The predicted molar refractivity (Wildman–Crippen MR) is 59.8 cm³/mol. The molecule has 6 heteroatoms. The summed E-state index contributed by atoms with van der Waals surface area (Å²) in [6, 6.07) is 1.78. The van der Waals surface area contributed by atoms with Gasteiger partial charge in [-0.05, 0) is 6.92 Å². The van der Waals surface area contributed by atoms with Crippen LogP contribution in [0, 0.1) is 6.92 Å². The summed E-state index contributed by atoms with van der Waals surface area (Å²) in [5, 5.41) is 7.58. The van der Waals surface area contributed by atoms with Gasteiger partial charge in [-0.1, -0.05) is 31.1 Å². The van der Waals surface area contributed by atoms with Gasteiger partial charge in [-0.2, -0.15) is 0 Å². The molecule has 2 heterocycles. The summed E-state index contributed by atoms with van der Waals surface area (Å²) in [7, 11) is 0. The van der Waals surface area contributed by atoms with Crippen LogP contribution in [0.25, 0.3) is 0 Å². The largest absolute Gasteiger partial charge is 0.442 e. The number of aromatic nitrogens is 3. The quantitative estimate of drug-likeness (QED) is 0.790. The van der Waals surface area contributed by atoms with E-state index in [0.717, 1.165) is 5.69 Å². The first-order valence-corrected chi connectivity index (χ1v) is 5.37. The molecule has 0 radical (unpaired) electrons. The van der Waals surface area contributed by atoms with Crippen molar-refractivity contribution in [1.82, 2.24) is 14.9 Å². The Balaban J connectivity index is 2.39. The van der Waals surface area contributed by atoms with Gasteiger partial charge < -0.3 is 4.52 Å². The van der Waals surface area contributed by atoms with Crippen molar-refractivity contribution in [2.75, 3.05) is 0 Å². The van der Waals surface area contributed by atoms with E-state index in [0.29, 0.717) is 11.6 Å². The molecule has 0 aliphatic carbocycles. The fourth-order valence-electron chi connectivity index (χ4n) is 1.60. The number of rotatable bonds is 2. The monoisotopic (exact) mass is 237 g/mol. The van der Waals surface area contributed by atoms with Crippen molar-refractivity contribution in [2.45, 2.75) is 39.7 Å². The SMILES string of the molecule is Cc1cc(Cn2c(C(C)(C)C)noc2=O)on1. The van der Waals surface area contributed by atoms with E-state index in [1.165, 1.54) is 4.57 Å². The molecule has 92 valence electrons. The number of aryl methyl sites for hydroxylation is 1. The summed E-state index contributed by atoms with van der Waals surface area (Å²) in [6.45, 7) is 8.01. The normalized spacial score (nSPS) is 12.0. The number of hydrogen-bond acceptors (Lipinski definition) is 5. The molecule has 2 rings (SSSR count). The van der Waals surface area contributed by atoms with Crippen molar-refractivity contribution in [3.63, 3.8) is 0 Å². The molecule has 0 atom stereocenters. The van der Waals surface area contributed by atoms with Crippen LogP contribution in [0.5, 0.6) is 0 Å². The second-order valence-electron chi connectivity index (χ2n) is 5.04. The molecule has 0 bridgehead atoms. The van der Waals surface area contributed by atoms with Crippen LogP contribution in [0.3, 0.4) is 0 Å². The summed E-state index contributed by atoms with van der Waals surface area (Å²) >= 11 is 0. The molecule has 0 aliphatic rings. The van der Waals surface area contributed by atoms with Gasteiger partial charge in [0, 0.05) is 11.5 Å². The Morgan fingerprint density at radius 2 is 2.00 bits per heavy atom. The maximum atomic E-state index is 11.6. The minimum atomic E-state index is -0.482. The highest BCUT2D eigenvalue weighted by molar-refractivity contribution is 5.07. The first-order chi connectivity index (χ1) is 7.88. The van der Waals surface area contributed by atoms with Crippen LogP contribution in [0.1, 0.15) is 38.0 Å². The highest BCUT2D eigenvalue weighted by Gasteiger charge is 2.24. The van der Waals surface area contributed by atoms with Gasteiger partial charge in [0.05, 0.1) is 12.2 Å². The van der Waals surface area contributed by atoms with Crippen molar-refractivity contribution in [1.29, 1.82) is 0 Å². The molecule has 6 nitrogen and oxygen atoms in total. The van der Waals surface area contributed by atoms with E-state index in [1.807, 2.05) is 27.7 Å². The van der Waals surface area contributed by atoms with E-state index in [2.05, 4.69) is 10.3 Å². The summed E-state index contributed by atoms with van der Waals surface area (Å²) in [4.78, 5) is 11.6. The second kappa shape index (κ2) is 3.87. The maximum absolute atomic E-state index is 11.6. The second-order valence-corrected chi connectivity index (χ2v) is 5.04. The summed E-state index contributed by atoms with van der Waals surface area (Å²) in [5.74, 6) is 0.721. The Morgan fingerprint density at radius 3 is 2.53 bits per heavy atom. The number of nitrogens with zero attached hydrogens (tertiary/aromatic N) is 3. The Labute approximate surface area is 98.2 Å². The molecule has 0 unspecified atom stereocenters. The van der Waals surface area contributed by atoms with Crippen molar-refractivity contribution < 1.29 is 9.05 Å². The lowest BCUT2D eigenvalue weighted by atomic mass is 9.96. The van der Waals surface area contributed by atoms with Crippen LogP contribution in [0.4, 0.5) is 0 Å². The third-order valence-corrected chi connectivity index (χ3v) is 2.35. The lowest BCUT2D eigenvalue weighted by molar-refractivity contribution is 0.355. The first-order valence-electron chi connectivity index (χ1n) is 5.37. The zero-order chi connectivity index (χ0) is 12.6. The highest BCUT2D eigenvalue weighted by Crippen LogP contribution is 2.19. The molecule has 0 N–H and O–H groups in total. The van der Waals surface area contributed by atoms with E-state index in [9.17, 15) is 4.79 Å². The minimum absolute atomic E-state index is 0.263. The average molecular weight is 237 g/mol. The molecule has 0 fully saturated rings. The van der Waals surface area contributed by atoms with Crippen molar-refractivity contribution in [3.05, 3.63) is 33.9 Å². The van der Waals surface area contributed by atoms with Crippen LogP contribution >= 0.6 is 0 Å². The van der Waals surface area contributed by atoms with Crippen molar-refractivity contribution >= 4 is 0 Å². The summed E-state index contributed by atoms with van der Waals surface area (Å²) < 4.78 is 11.2. The zero-order valence-corrected chi connectivity index (χ0v) is 10.4. The van der Waals surface area contributed by atoms with Gasteiger partial charge in [0.2, 0.25) is 0 Å². The molecule has 2 aromatic rings. The van der Waals surface area contributed by atoms with Gasteiger partial charge in [-0.3, -0.25) is 9.09 Å². The van der Waals surface area contributed by atoms with Gasteiger partial charge in [0.25, 0.3) is 0 Å². The average Bonchev–Trinajstić information content (AvgIpc) is 2.74. The van der Waals surface area contributed by atoms with Crippen molar-refractivity contribution in [3.8, 4) is 0 Å². The zero-order valence-electron chi connectivity index (χ0n) is 10.4. The molecule has 0 saturated heterocycles. The lowest BCUT2D eigenvalue weighted by Crippen LogP contribution is -2.25. The molecule has 0 aliphatic heterocycles. The molecule has 0 aromatic carbocycles. The molecule has 17 heavy (non-hydrogen) atoms. The van der Waals surface area contributed by atoms with Gasteiger partial charge in [0.1, 0.15) is 0 Å². The first kappa shape index (κ1) is 11.6. The third kappa shape index (κ3) is 2.30. The van der Waals surface area contributed by atoms with E-state index < -0.39 is 5.76 Å². The summed E-state index contributed by atoms with van der Waals surface area (Å²) in [5.41, 5.74) is 0.517. The fourth-order valence-corrected chi connectivity index (χ4v) is 1.60. The maximum Gasteiger partial charge on any atom is 0.442 e. The van der Waals surface area contributed by atoms with Gasteiger partial charge in [0.15, 0.2) is 11.6 Å². The lowest BCUT2D eigenvalue weighted by Gasteiger charge is -2.16. The highest BCUT2D eigenvalue weighted by atomic mass is 16.5.